The summed E-state index contributed by atoms with van der Waals surface area (Å²) in [5.41, 5.74) is 0. The van der Waals surface area contributed by atoms with Gasteiger partial charge in [-0.3, -0.25) is 0 Å². The van der Waals surface area contributed by atoms with Gasteiger partial charge in [0.1, 0.15) is 11.5 Å². The Morgan fingerprint density at radius 1 is 1.25 bits per heavy atom. The second-order valence-corrected chi connectivity index (χ2v) is 5.27. The van der Waals surface area contributed by atoms with Crippen molar-refractivity contribution in [1.82, 2.24) is 5.32 Å². The number of hydrogen-bond donors (Lipinski definition) is 1. The molecule has 16 heavy (non-hydrogen) atoms. The molecule has 0 saturated heterocycles. The smallest absolute Gasteiger partial charge is 0.117 e. The molecule has 0 spiro atoms. The van der Waals surface area contributed by atoms with Crippen molar-refractivity contribution in [3.05, 3.63) is 23.7 Å². The molecule has 0 atom stereocenters. The first-order valence-corrected chi connectivity index (χ1v) is 6.50. The number of aryl methyl sites for hydroxylation is 1. The van der Waals surface area contributed by atoms with E-state index < -0.39 is 0 Å². The molecule has 0 aromatic carbocycles. The normalized spacial score (nSPS) is 25.9. The van der Waals surface area contributed by atoms with Gasteiger partial charge < -0.3 is 9.73 Å². The van der Waals surface area contributed by atoms with Gasteiger partial charge in [0.2, 0.25) is 0 Å². The summed E-state index contributed by atoms with van der Waals surface area (Å²) in [4.78, 5) is 0. The van der Waals surface area contributed by atoms with E-state index in [0.717, 1.165) is 36.4 Å². The van der Waals surface area contributed by atoms with E-state index in [1.807, 2.05) is 13.0 Å². The third kappa shape index (κ3) is 3.38. The van der Waals surface area contributed by atoms with E-state index in [0.29, 0.717) is 0 Å². The summed E-state index contributed by atoms with van der Waals surface area (Å²) in [5, 5.41) is 3.51. The minimum Gasteiger partial charge on any atom is -0.465 e. The molecule has 2 nitrogen and oxygen atoms in total. The first-order valence-electron chi connectivity index (χ1n) is 6.50. The molecule has 90 valence electrons. The van der Waals surface area contributed by atoms with Crippen molar-refractivity contribution in [2.24, 2.45) is 11.8 Å². The molecule has 1 aromatic rings. The van der Waals surface area contributed by atoms with Crippen LogP contribution in [0.4, 0.5) is 0 Å². The molecule has 1 aromatic heterocycles. The Morgan fingerprint density at radius 2 is 2.00 bits per heavy atom. The van der Waals surface area contributed by atoms with Crippen LogP contribution in [0.5, 0.6) is 0 Å². The summed E-state index contributed by atoms with van der Waals surface area (Å²) < 4.78 is 5.53. The predicted molar refractivity (Wildman–Crippen MR) is 66.3 cm³/mol. The van der Waals surface area contributed by atoms with Gasteiger partial charge in [-0.1, -0.05) is 19.8 Å². The maximum Gasteiger partial charge on any atom is 0.117 e. The van der Waals surface area contributed by atoms with Crippen LogP contribution in [0.2, 0.25) is 0 Å². The summed E-state index contributed by atoms with van der Waals surface area (Å²) in [6.45, 7) is 6.38. The maximum atomic E-state index is 5.53. The van der Waals surface area contributed by atoms with Crippen LogP contribution in [-0.4, -0.2) is 6.54 Å². The van der Waals surface area contributed by atoms with E-state index in [1.165, 1.54) is 25.7 Å². The highest BCUT2D eigenvalue weighted by Crippen LogP contribution is 2.27. The Labute approximate surface area is 98.4 Å². The maximum absolute atomic E-state index is 5.53. The Morgan fingerprint density at radius 3 is 2.62 bits per heavy atom. The van der Waals surface area contributed by atoms with Gasteiger partial charge in [-0.05, 0) is 50.3 Å². The highest BCUT2D eigenvalue weighted by atomic mass is 16.3. The van der Waals surface area contributed by atoms with Crippen LogP contribution in [-0.2, 0) is 6.54 Å². The number of hydrogen-bond acceptors (Lipinski definition) is 2. The molecule has 2 heteroatoms. The monoisotopic (exact) mass is 221 g/mol. The molecule has 1 aliphatic rings. The SMILES string of the molecule is Cc1ccc(CNCC2CCC(C)CC2)o1. The minimum atomic E-state index is 0.875. The predicted octanol–water partition coefficient (Wildman–Crippen LogP) is 3.50. The first-order chi connectivity index (χ1) is 7.74. The lowest BCUT2D eigenvalue weighted by Gasteiger charge is -2.26. The molecule has 1 aliphatic carbocycles. The largest absolute Gasteiger partial charge is 0.465 e. The highest BCUT2D eigenvalue weighted by Gasteiger charge is 2.17. The van der Waals surface area contributed by atoms with E-state index in [4.69, 9.17) is 4.42 Å². The van der Waals surface area contributed by atoms with Gasteiger partial charge in [0.25, 0.3) is 0 Å². The molecule has 1 fully saturated rings. The van der Waals surface area contributed by atoms with E-state index in [1.54, 1.807) is 0 Å². The first kappa shape index (κ1) is 11.7. The van der Waals surface area contributed by atoms with Crippen molar-refractivity contribution >= 4 is 0 Å². The van der Waals surface area contributed by atoms with Crippen molar-refractivity contribution in [3.63, 3.8) is 0 Å². The van der Waals surface area contributed by atoms with Crippen LogP contribution in [0.3, 0.4) is 0 Å². The Balaban J connectivity index is 1.64. The third-order valence-electron chi connectivity index (χ3n) is 3.66. The van der Waals surface area contributed by atoms with Crippen molar-refractivity contribution in [2.45, 2.75) is 46.1 Å². The summed E-state index contributed by atoms with van der Waals surface area (Å²) in [5.74, 6) is 3.89. The zero-order chi connectivity index (χ0) is 11.4. The average Bonchev–Trinajstić information content (AvgIpc) is 2.67. The van der Waals surface area contributed by atoms with Crippen LogP contribution >= 0.6 is 0 Å². The molecule has 0 bridgehead atoms. The molecule has 0 unspecified atom stereocenters. The molecule has 1 heterocycles. The number of nitrogens with one attached hydrogen (secondary N) is 1. The Bertz CT molecular complexity index is 310. The summed E-state index contributed by atoms with van der Waals surface area (Å²) >= 11 is 0. The van der Waals surface area contributed by atoms with Crippen molar-refractivity contribution in [3.8, 4) is 0 Å². The minimum absolute atomic E-state index is 0.875. The lowest BCUT2D eigenvalue weighted by Crippen LogP contribution is -2.25. The molecule has 0 radical (unpaired) electrons. The molecule has 0 amide bonds. The van der Waals surface area contributed by atoms with E-state index in [-0.39, 0.29) is 0 Å². The fraction of sp³-hybridized carbons (Fsp3) is 0.714. The van der Waals surface area contributed by atoms with Crippen LogP contribution < -0.4 is 5.32 Å². The Hall–Kier alpha value is -0.760. The average molecular weight is 221 g/mol. The topological polar surface area (TPSA) is 25.2 Å². The molecular formula is C14H23NO. The van der Waals surface area contributed by atoms with Crippen molar-refractivity contribution in [2.75, 3.05) is 6.54 Å². The molecule has 1 saturated carbocycles. The summed E-state index contributed by atoms with van der Waals surface area (Å²) in [6.07, 6.45) is 5.61. The van der Waals surface area contributed by atoms with Gasteiger partial charge in [-0.15, -0.1) is 0 Å². The van der Waals surface area contributed by atoms with Gasteiger partial charge in [0.05, 0.1) is 6.54 Å². The van der Waals surface area contributed by atoms with E-state index >= 15 is 0 Å². The number of rotatable bonds is 4. The summed E-state index contributed by atoms with van der Waals surface area (Å²) in [7, 11) is 0. The standard InChI is InChI=1S/C14H23NO/c1-11-3-6-13(7-4-11)9-15-10-14-8-5-12(2)16-14/h5,8,11,13,15H,3-4,6-7,9-10H2,1-2H3. The molecule has 0 aliphatic heterocycles. The zero-order valence-electron chi connectivity index (χ0n) is 10.5. The molecule has 2 rings (SSSR count). The van der Waals surface area contributed by atoms with E-state index in [9.17, 15) is 0 Å². The Kier molecular flexibility index (Phi) is 4.05. The van der Waals surface area contributed by atoms with Crippen LogP contribution in [0.25, 0.3) is 0 Å². The quantitative estimate of drug-likeness (QED) is 0.841. The van der Waals surface area contributed by atoms with Crippen LogP contribution in [0.1, 0.15) is 44.1 Å². The van der Waals surface area contributed by atoms with Crippen molar-refractivity contribution < 1.29 is 4.42 Å². The lowest BCUT2D eigenvalue weighted by atomic mass is 9.83. The summed E-state index contributed by atoms with van der Waals surface area (Å²) in [6, 6.07) is 4.09. The van der Waals surface area contributed by atoms with Crippen LogP contribution in [0, 0.1) is 18.8 Å². The lowest BCUT2D eigenvalue weighted by molar-refractivity contribution is 0.279. The molecular weight excluding hydrogens is 198 g/mol. The van der Waals surface area contributed by atoms with Crippen molar-refractivity contribution in [1.29, 1.82) is 0 Å². The highest BCUT2D eigenvalue weighted by molar-refractivity contribution is 5.05. The fourth-order valence-electron chi connectivity index (χ4n) is 2.51. The van der Waals surface area contributed by atoms with Gasteiger partial charge in [-0.25, -0.2) is 0 Å². The molecule has 1 N–H and O–H groups in total. The van der Waals surface area contributed by atoms with Gasteiger partial charge in [0.15, 0.2) is 0 Å². The second kappa shape index (κ2) is 5.53. The second-order valence-electron chi connectivity index (χ2n) is 5.27. The number of furan rings is 1. The zero-order valence-corrected chi connectivity index (χ0v) is 10.5. The third-order valence-corrected chi connectivity index (χ3v) is 3.66. The van der Waals surface area contributed by atoms with Gasteiger partial charge in [0, 0.05) is 0 Å². The van der Waals surface area contributed by atoms with Gasteiger partial charge in [-0.2, -0.15) is 0 Å². The fourth-order valence-corrected chi connectivity index (χ4v) is 2.51. The van der Waals surface area contributed by atoms with Crippen LogP contribution in [0.15, 0.2) is 16.5 Å². The van der Waals surface area contributed by atoms with E-state index in [2.05, 4.69) is 18.3 Å². The van der Waals surface area contributed by atoms with Gasteiger partial charge >= 0.3 is 0 Å².